The first kappa shape index (κ1) is 14.6. The minimum Gasteiger partial charge on any atom is -0.529 e. The summed E-state index contributed by atoms with van der Waals surface area (Å²) >= 11 is 0. The molecule has 14 heavy (non-hydrogen) atoms. The second kappa shape index (κ2) is 10.2. The van der Waals surface area contributed by atoms with Gasteiger partial charge in [0.15, 0.2) is 0 Å². The van der Waals surface area contributed by atoms with E-state index in [4.69, 9.17) is 0 Å². The fourth-order valence-corrected chi connectivity index (χ4v) is 1.13. The number of rotatable bonds is 3. The molecule has 0 aromatic carbocycles. The van der Waals surface area contributed by atoms with E-state index in [0.29, 0.717) is 0 Å². The van der Waals surface area contributed by atoms with Crippen LogP contribution in [0.4, 0.5) is 0 Å². The van der Waals surface area contributed by atoms with Crippen molar-refractivity contribution in [1.29, 1.82) is 0 Å². The van der Waals surface area contributed by atoms with E-state index in [9.17, 15) is 0 Å². The number of hydrogen-bond acceptors (Lipinski definition) is 1. The fourth-order valence-electron chi connectivity index (χ4n) is 1.13. The van der Waals surface area contributed by atoms with Crippen molar-refractivity contribution in [1.82, 2.24) is 4.90 Å². The van der Waals surface area contributed by atoms with Gasteiger partial charge in [-0.3, -0.25) is 0 Å². The van der Waals surface area contributed by atoms with Gasteiger partial charge in [0.1, 0.15) is 0 Å². The van der Waals surface area contributed by atoms with Gasteiger partial charge in [-0.15, -0.1) is 0 Å². The zero-order valence-corrected chi connectivity index (χ0v) is 12.3. The van der Waals surface area contributed by atoms with Crippen LogP contribution in [0.5, 0.6) is 0 Å². The maximum absolute atomic E-state index is 2.29. The van der Waals surface area contributed by atoms with Crippen LogP contribution in [0.2, 0.25) is 0 Å². The van der Waals surface area contributed by atoms with E-state index in [1.807, 2.05) is 0 Å². The van der Waals surface area contributed by atoms with Crippen molar-refractivity contribution in [3.63, 3.8) is 0 Å². The first-order valence-corrected chi connectivity index (χ1v) is 5.69. The molecule has 79 valence electrons. The van der Waals surface area contributed by atoms with Crippen LogP contribution in [0.15, 0.2) is 12.3 Å². The van der Waals surface area contributed by atoms with Crippen LogP contribution in [0.3, 0.4) is 0 Å². The first-order valence-electron chi connectivity index (χ1n) is 5.69. The number of allylic oxidation sites excluding steroid dienone is 1. The van der Waals surface area contributed by atoms with Crippen LogP contribution >= 0.6 is 0 Å². The molecule has 1 heterocycles. The summed E-state index contributed by atoms with van der Waals surface area (Å²) in [6.45, 7) is 5.70. The minimum absolute atomic E-state index is 0. The van der Waals surface area contributed by atoms with Gasteiger partial charge in [0, 0.05) is 32.7 Å². The molecule has 0 spiro atoms. The van der Waals surface area contributed by atoms with Gasteiger partial charge in [-0.2, -0.15) is 6.42 Å². The Bertz CT molecular complexity index is 135. The monoisotopic (exact) mass is 269 g/mol. The summed E-state index contributed by atoms with van der Waals surface area (Å²) in [6.07, 6.45) is 14.0. The number of likely N-dealkylation sites (tertiary alicyclic amines) is 1. The van der Waals surface area contributed by atoms with E-state index >= 15 is 0 Å². The molecule has 2 heteroatoms. The number of unbranched alkanes of at least 4 members (excludes halogenated alkanes) is 1. The van der Waals surface area contributed by atoms with Crippen molar-refractivity contribution in [3.8, 4) is 0 Å². The third-order valence-corrected chi connectivity index (χ3v) is 2.09. The summed E-state index contributed by atoms with van der Waals surface area (Å²) < 4.78 is 0. The molecule has 0 N–H and O–H groups in total. The second-order valence-electron chi connectivity index (χ2n) is 3.80. The molecule has 1 aliphatic carbocycles. The molecule has 1 saturated heterocycles. The van der Waals surface area contributed by atoms with E-state index in [1.54, 1.807) is 0 Å². The Morgan fingerprint density at radius 2 is 1.93 bits per heavy atom. The molecule has 0 amide bonds. The second-order valence-corrected chi connectivity index (χ2v) is 3.80. The molecule has 1 nitrogen and oxygen atoms in total. The maximum atomic E-state index is 2.29. The van der Waals surface area contributed by atoms with Gasteiger partial charge >= 0.3 is 0 Å². The van der Waals surface area contributed by atoms with Crippen molar-refractivity contribution < 1.29 is 32.7 Å². The first-order chi connectivity index (χ1) is 6.43. The summed E-state index contributed by atoms with van der Waals surface area (Å²) in [5.41, 5.74) is 0. The fraction of sp³-hybridized carbons (Fsp3) is 0.750. The number of nitrogens with zero attached hydrogens (tertiary/aromatic N) is 1. The predicted octanol–water partition coefficient (Wildman–Crippen LogP) is 3.73. The summed E-state index contributed by atoms with van der Waals surface area (Å²) in [4.78, 5) is 2.29. The summed E-state index contributed by atoms with van der Waals surface area (Å²) in [5, 5.41) is 0. The normalized spacial score (nSPS) is 18.8. The third kappa shape index (κ3) is 9.21. The average Bonchev–Trinajstić information content (AvgIpc) is 2.94. The van der Waals surface area contributed by atoms with Gasteiger partial charge in [-0.1, -0.05) is 45.1 Å². The van der Waals surface area contributed by atoms with Gasteiger partial charge in [-0.25, -0.2) is 6.54 Å². The van der Waals surface area contributed by atoms with E-state index in [-0.39, 0.29) is 32.7 Å². The standard InChI is InChI=1S/C9H16N.C3H6.Y/c1-2-3-4-7-10-8-5-6-9-10;1-2-3-1;/h4,7-8H,2-3,5-6,9H2,1H3;1-3H2;/q-1;;. The van der Waals surface area contributed by atoms with Gasteiger partial charge in [0.2, 0.25) is 0 Å². The Balaban J connectivity index is 0.000000360. The van der Waals surface area contributed by atoms with Crippen LogP contribution in [-0.4, -0.2) is 11.4 Å². The van der Waals surface area contributed by atoms with Gasteiger partial charge in [0.25, 0.3) is 0 Å². The van der Waals surface area contributed by atoms with Crippen molar-refractivity contribution in [2.75, 3.05) is 6.54 Å². The number of hydrogen-bond donors (Lipinski definition) is 0. The molecule has 1 saturated carbocycles. The quantitative estimate of drug-likeness (QED) is 0.706. The zero-order valence-electron chi connectivity index (χ0n) is 9.41. The summed E-state index contributed by atoms with van der Waals surface area (Å²) in [6, 6.07) is 0. The molecule has 0 aromatic heterocycles. The van der Waals surface area contributed by atoms with E-state index < -0.39 is 0 Å². The van der Waals surface area contributed by atoms with Gasteiger partial charge in [-0.05, 0) is 19.2 Å². The van der Waals surface area contributed by atoms with Crippen molar-refractivity contribution >= 4 is 0 Å². The Morgan fingerprint density at radius 3 is 2.36 bits per heavy atom. The average molecular weight is 269 g/mol. The van der Waals surface area contributed by atoms with Crippen LogP contribution < -0.4 is 0 Å². The molecule has 2 fully saturated rings. The van der Waals surface area contributed by atoms with Crippen LogP contribution in [-0.2, 0) is 32.7 Å². The molecule has 2 aliphatic rings. The Kier molecular flexibility index (Phi) is 10.6. The van der Waals surface area contributed by atoms with E-state index in [2.05, 4.69) is 30.6 Å². The minimum atomic E-state index is 0. The van der Waals surface area contributed by atoms with Crippen molar-refractivity contribution in [2.24, 2.45) is 0 Å². The molecular formula is C12H22NY-. The molecule has 1 aliphatic heterocycles. The SMILES string of the molecule is C1CC1.CCCC=CN1[CH-]CCC1.[Y]. The molecule has 0 aromatic rings. The smallest absolute Gasteiger partial charge is 0 e. The van der Waals surface area contributed by atoms with Gasteiger partial charge in [0.05, 0.1) is 0 Å². The van der Waals surface area contributed by atoms with Crippen LogP contribution in [0, 0.1) is 6.54 Å². The summed E-state index contributed by atoms with van der Waals surface area (Å²) in [7, 11) is 0. The summed E-state index contributed by atoms with van der Waals surface area (Å²) in [5.74, 6) is 0. The van der Waals surface area contributed by atoms with Crippen molar-refractivity contribution in [3.05, 3.63) is 18.8 Å². The Morgan fingerprint density at radius 1 is 1.21 bits per heavy atom. The maximum Gasteiger partial charge on any atom is 0 e. The van der Waals surface area contributed by atoms with Crippen LogP contribution in [0.1, 0.15) is 51.9 Å². The topological polar surface area (TPSA) is 3.24 Å². The Labute approximate surface area is 114 Å². The molecule has 0 unspecified atom stereocenters. The zero-order chi connectivity index (χ0) is 9.36. The largest absolute Gasteiger partial charge is 0.529 e. The molecule has 2 rings (SSSR count). The van der Waals surface area contributed by atoms with E-state index in [1.165, 1.54) is 51.5 Å². The molecule has 0 bridgehead atoms. The van der Waals surface area contributed by atoms with Gasteiger partial charge < -0.3 is 4.90 Å². The molecular weight excluding hydrogens is 247 g/mol. The van der Waals surface area contributed by atoms with Crippen LogP contribution in [0.25, 0.3) is 0 Å². The van der Waals surface area contributed by atoms with Crippen molar-refractivity contribution in [2.45, 2.75) is 51.9 Å². The molecule has 0 atom stereocenters. The predicted molar refractivity (Wildman–Crippen MR) is 58.1 cm³/mol. The van der Waals surface area contributed by atoms with E-state index in [0.717, 1.165) is 0 Å². The Hall–Kier alpha value is 0.644. The third-order valence-electron chi connectivity index (χ3n) is 2.09. The molecule has 1 radical (unpaired) electrons.